The van der Waals surface area contributed by atoms with Crippen LogP contribution in [0.15, 0.2) is 30.3 Å². The highest BCUT2D eigenvalue weighted by Gasteiger charge is 2.19. The third kappa shape index (κ3) is 2.58. The smallest absolute Gasteiger partial charge is 0.195 e. The molecule has 4 heteroatoms. The topological polar surface area (TPSA) is 17.1 Å². The van der Waals surface area contributed by atoms with Crippen LogP contribution in [0.3, 0.4) is 0 Å². The Morgan fingerprint density at radius 3 is 2.52 bits per heavy atom. The summed E-state index contributed by atoms with van der Waals surface area (Å²) in [4.78, 5) is 12.1. The largest absolute Gasteiger partial charge is 0.294 e. The number of fused-ring (bicyclic) bond motifs is 1. The lowest BCUT2D eigenvalue weighted by Crippen LogP contribution is -2.09. The Morgan fingerprint density at radius 2 is 1.71 bits per heavy atom. The number of hydrogen-bond acceptors (Lipinski definition) is 1. The zero-order chi connectivity index (χ0) is 15.0. The van der Waals surface area contributed by atoms with Gasteiger partial charge in [-0.15, -0.1) is 0 Å². The standard InChI is InChI=1S/C17H13F3O/c18-14-7-6-13(16(19)17(14)20)15(21)9-10-4-5-11-2-1-3-12(11)8-10/h4-8H,1-3,9H2. The molecule has 3 rings (SSSR count). The summed E-state index contributed by atoms with van der Waals surface area (Å²) in [5.74, 6) is -4.86. The third-order valence-corrected chi connectivity index (χ3v) is 3.86. The van der Waals surface area contributed by atoms with E-state index in [-0.39, 0.29) is 6.42 Å². The van der Waals surface area contributed by atoms with Crippen molar-refractivity contribution in [3.05, 3.63) is 70.0 Å². The van der Waals surface area contributed by atoms with Gasteiger partial charge in [-0.1, -0.05) is 18.2 Å². The van der Waals surface area contributed by atoms with Crippen LogP contribution >= 0.6 is 0 Å². The summed E-state index contributed by atoms with van der Waals surface area (Å²) in [5, 5.41) is 0. The van der Waals surface area contributed by atoms with Crippen LogP contribution in [0.2, 0.25) is 0 Å². The maximum Gasteiger partial charge on any atom is 0.195 e. The Morgan fingerprint density at radius 1 is 0.952 bits per heavy atom. The van der Waals surface area contributed by atoms with Crippen molar-refractivity contribution in [3.8, 4) is 0 Å². The zero-order valence-corrected chi connectivity index (χ0v) is 11.3. The first kappa shape index (κ1) is 13.9. The van der Waals surface area contributed by atoms with Crippen molar-refractivity contribution >= 4 is 5.78 Å². The maximum atomic E-state index is 13.6. The molecule has 0 unspecified atom stereocenters. The van der Waals surface area contributed by atoms with E-state index in [4.69, 9.17) is 0 Å². The number of carbonyl (C=O) groups is 1. The van der Waals surface area contributed by atoms with Crippen LogP contribution in [0.25, 0.3) is 0 Å². The monoisotopic (exact) mass is 290 g/mol. The number of carbonyl (C=O) groups excluding carboxylic acids is 1. The maximum absolute atomic E-state index is 13.6. The van der Waals surface area contributed by atoms with Crippen molar-refractivity contribution in [1.82, 2.24) is 0 Å². The van der Waals surface area contributed by atoms with Gasteiger partial charge in [0.2, 0.25) is 0 Å². The van der Waals surface area contributed by atoms with E-state index in [0.29, 0.717) is 0 Å². The summed E-state index contributed by atoms with van der Waals surface area (Å²) in [7, 11) is 0. The van der Waals surface area contributed by atoms with E-state index >= 15 is 0 Å². The van der Waals surface area contributed by atoms with E-state index in [0.717, 1.165) is 37.0 Å². The van der Waals surface area contributed by atoms with Gasteiger partial charge in [-0.3, -0.25) is 4.79 Å². The molecule has 0 atom stereocenters. The van der Waals surface area contributed by atoms with Crippen LogP contribution in [0.4, 0.5) is 13.2 Å². The van der Waals surface area contributed by atoms with Gasteiger partial charge in [-0.2, -0.15) is 0 Å². The summed E-state index contributed by atoms with van der Waals surface area (Å²) in [6.45, 7) is 0. The second kappa shape index (κ2) is 5.35. The molecule has 1 aliphatic rings. The quantitative estimate of drug-likeness (QED) is 0.616. The van der Waals surface area contributed by atoms with Gasteiger partial charge >= 0.3 is 0 Å². The molecule has 0 aliphatic heterocycles. The molecule has 0 saturated carbocycles. The Balaban J connectivity index is 1.85. The number of ketones is 1. The van der Waals surface area contributed by atoms with Crippen LogP contribution in [-0.2, 0) is 19.3 Å². The second-order valence-electron chi connectivity index (χ2n) is 5.28. The number of halogens is 3. The zero-order valence-electron chi connectivity index (χ0n) is 11.3. The molecule has 21 heavy (non-hydrogen) atoms. The van der Waals surface area contributed by atoms with Gasteiger partial charge in [-0.05, 0) is 48.1 Å². The highest BCUT2D eigenvalue weighted by molar-refractivity contribution is 5.97. The molecule has 0 saturated heterocycles. The fraction of sp³-hybridized carbons (Fsp3) is 0.235. The molecule has 1 nitrogen and oxygen atoms in total. The molecule has 0 amide bonds. The molecule has 0 spiro atoms. The molecular formula is C17H13F3O. The van der Waals surface area contributed by atoms with Gasteiger partial charge in [-0.25, -0.2) is 13.2 Å². The fourth-order valence-electron chi connectivity index (χ4n) is 2.76. The molecule has 0 bridgehead atoms. The lowest BCUT2D eigenvalue weighted by atomic mass is 9.99. The summed E-state index contributed by atoms with van der Waals surface area (Å²) in [6.07, 6.45) is 3.11. The number of Topliss-reactive ketones (excluding diaryl/α,β-unsaturated/α-hetero) is 1. The van der Waals surface area contributed by atoms with Gasteiger partial charge in [0, 0.05) is 6.42 Å². The van der Waals surface area contributed by atoms with E-state index in [9.17, 15) is 18.0 Å². The third-order valence-electron chi connectivity index (χ3n) is 3.86. The van der Waals surface area contributed by atoms with Crippen molar-refractivity contribution in [2.75, 3.05) is 0 Å². The molecule has 1 aliphatic carbocycles. The van der Waals surface area contributed by atoms with E-state index < -0.39 is 28.8 Å². The van der Waals surface area contributed by atoms with Gasteiger partial charge < -0.3 is 0 Å². The predicted molar refractivity (Wildman–Crippen MR) is 72.8 cm³/mol. The average molecular weight is 290 g/mol. The number of benzene rings is 2. The minimum absolute atomic E-state index is 0.0186. The molecule has 0 heterocycles. The molecule has 0 N–H and O–H groups in total. The Bertz CT molecular complexity index is 722. The van der Waals surface area contributed by atoms with Crippen molar-refractivity contribution in [3.63, 3.8) is 0 Å². The van der Waals surface area contributed by atoms with Gasteiger partial charge in [0.25, 0.3) is 0 Å². The van der Waals surface area contributed by atoms with E-state index in [1.165, 1.54) is 11.1 Å². The average Bonchev–Trinajstić information content (AvgIpc) is 2.92. The summed E-state index contributed by atoms with van der Waals surface area (Å²) >= 11 is 0. The highest BCUT2D eigenvalue weighted by atomic mass is 19.2. The molecule has 0 radical (unpaired) electrons. The first-order chi connectivity index (χ1) is 10.1. The van der Waals surface area contributed by atoms with Crippen LogP contribution < -0.4 is 0 Å². The lowest BCUT2D eigenvalue weighted by Gasteiger charge is -2.06. The Kier molecular flexibility index (Phi) is 3.53. The van der Waals surface area contributed by atoms with Crippen LogP contribution in [0.5, 0.6) is 0 Å². The van der Waals surface area contributed by atoms with E-state index in [1.807, 2.05) is 18.2 Å². The highest BCUT2D eigenvalue weighted by Crippen LogP contribution is 2.24. The van der Waals surface area contributed by atoms with Gasteiger partial charge in [0.15, 0.2) is 23.2 Å². The van der Waals surface area contributed by atoms with Gasteiger partial charge in [0.05, 0.1) is 5.56 Å². The summed E-state index contributed by atoms with van der Waals surface area (Å²) < 4.78 is 39.6. The number of rotatable bonds is 3. The minimum Gasteiger partial charge on any atom is -0.294 e. The lowest BCUT2D eigenvalue weighted by molar-refractivity contribution is 0.0988. The van der Waals surface area contributed by atoms with Crippen LogP contribution in [0.1, 0.15) is 33.5 Å². The first-order valence-electron chi connectivity index (χ1n) is 6.83. The summed E-state index contributed by atoms with van der Waals surface area (Å²) in [5.41, 5.74) is 2.86. The van der Waals surface area contributed by atoms with Crippen molar-refractivity contribution in [2.45, 2.75) is 25.7 Å². The Hall–Kier alpha value is -2.10. The normalized spacial score (nSPS) is 13.3. The molecular weight excluding hydrogens is 277 g/mol. The van der Waals surface area contributed by atoms with Gasteiger partial charge in [0.1, 0.15) is 0 Å². The van der Waals surface area contributed by atoms with Crippen LogP contribution in [0, 0.1) is 17.5 Å². The summed E-state index contributed by atoms with van der Waals surface area (Å²) in [6, 6.07) is 7.52. The fourth-order valence-corrected chi connectivity index (χ4v) is 2.76. The van der Waals surface area contributed by atoms with Crippen molar-refractivity contribution < 1.29 is 18.0 Å². The van der Waals surface area contributed by atoms with Crippen LogP contribution in [-0.4, -0.2) is 5.78 Å². The predicted octanol–water partition coefficient (Wildman–Crippen LogP) is 4.02. The Labute approximate surface area is 120 Å². The number of aryl methyl sites for hydroxylation is 2. The second-order valence-corrected chi connectivity index (χ2v) is 5.28. The minimum atomic E-state index is -1.60. The molecule has 2 aromatic rings. The molecule has 108 valence electrons. The molecule has 0 fully saturated rings. The molecule has 0 aromatic heterocycles. The molecule has 2 aromatic carbocycles. The first-order valence-corrected chi connectivity index (χ1v) is 6.83. The van der Waals surface area contributed by atoms with E-state index in [2.05, 4.69) is 0 Å². The SMILES string of the molecule is O=C(Cc1ccc2c(c1)CCC2)c1ccc(F)c(F)c1F. The van der Waals surface area contributed by atoms with E-state index in [1.54, 1.807) is 0 Å². The van der Waals surface area contributed by atoms with Crippen molar-refractivity contribution in [2.24, 2.45) is 0 Å². The van der Waals surface area contributed by atoms with Crippen molar-refractivity contribution in [1.29, 1.82) is 0 Å². The number of hydrogen-bond donors (Lipinski definition) is 0.